The van der Waals surface area contributed by atoms with Gasteiger partial charge in [-0.3, -0.25) is 9.97 Å². The van der Waals surface area contributed by atoms with Gasteiger partial charge in [0.1, 0.15) is 5.82 Å². The lowest BCUT2D eigenvalue weighted by Crippen LogP contribution is -2.46. The normalized spacial score (nSPS) is 14.0. The summed E-state index contributed by atoms with van der Waals surface area (Å²) >= 11 is 0. The van der Waals surface area contributed by atoms with Gasteiger partial charge in [0.05, 0.1) is 21.8 Å². The zero-order valence-corrected chi connectivity index (χ0v) is 20.2. The molecule has 12 heteroatoms. The Morgan fingerprint density at radius 3 is 2.22 bits per heavy atom. The van der Waals surface area contributed by atoms with Crippen LogP contribution in [0, 0.1) is 0 Å². The topological polar surface area (TPSA) is 113 Å². The summed E-state index contributed by atoms with van der Waals surface area (Å²) in [4.78, 5) is 25.3. The molecule has 192 valence electrons. The number of anilines is 1. The van der Waals surface area contributed by atoms with Crippen LogP contribution in [0.5, 0.6) is 0 Å². The minimum Gasteiger partial charge on any atom is -0.475 e. The number of pyridine rings is 1. The second-order valence-corrected chi connectivity index (χ2v) is 10.4. The van der Waals surface area contributed by atoms with E-state index in [0.717, 1.165) is 46.8 Å². The molecule has 1 N–H and O–H groups in total. The second kappa shape index (κ2) is 10.1. The van der Waals surface area contributed by atoms with E-state index >= 15 is 0 Å². The summed E-state index contributed by atoms with van der Waals surface area (Å²) < 4.78 is 55.2. The minimum absolute atomic E-state index is 0.247. The largest absolute Gasteiger partial charge is 0.490 e. The van der Waals surface area contributed by atoms with Gasteiger partial charge in [0, 0.05) is 48.6 Å². The van der Waals surface area contributed by atoms with Gasteiger partial charge in [0.15, 0.2) is 9.84 Å². The van der Waals surface area contributed by atoms with Gasteiger partial charge in [-0.2, -0.15) is 13.2 Å². The predicted molar refractivity (Wildman–Crippen MR) is 131 cm³/mol. The highest BCUT2D eigenvalue weighted by Crippen LogP contribution is 2.34. The lowest BCUT2D eigenvalue weighted by molar-refractivity contribution is -0.192. The predicted octanol–water partition coefficient (Wildman–Crippen LogP) is 4.33. The van der Waals surface area contributed by atoms with E-state index in [0.29, 0.717) is 4.90 Å². The maximum Gasteiger partial charge on any atom is 0.490 e. The van der Waals surface area contributed by atoms with Gasteiger partial charge in [-0.1, -0.05) is 30.3 Å². The maximum atomic E-state index is 11.7. The zero-order chi connectivity index (χ0) is 26.8. The van der Waals surface area contributed by atoms with Crippen LogP contribution in [-0.4, -0.2) is 60.0 Å². The molecular weight excluding hydrogens is 509 g/mol. The molecule has 0 amide bonds. The van der Waals surface area contributed by atoms with Gasteiger partial charge < -0.3 is 10.0 Å². The summed E-state index contributed by atoms with van der Waals surface area (Å²) in [6, 6.07) is 19.1. The Morgan fingerprint density at radius 1 is 0.973 bits per heavy atom. The van der Waals surface area contributed by atoms with Crippen LogP contribution in [0.3, 0.4) is 0 Å². The molecular formula is C25H21F3N4O4S. The first-order valence-corrected chi connectivity index (χ1v) is 12.8. The van der Waals surface area contributed by atoms with Gasteiger partial charge in [0.25, 0.3) is 0 Å². The first kappa shape index (κ1) is 26.0. The smallest absolute Gasteiger partial charge is 0.475 e. The molecule has 5 rings (SSSR count). The molecule has 2 aromatic heterocycles. The molecule has 0 saturated carbocycles. The van der Waals surface area contributed by atoms with Crippen LogP contribution >= 0.6 is 0 Å². The molecule has 1 saturated heterocycles. The number of halogens is 3. The van der Waals surface area contributed by atoms with Crippen molar-refractivity contribution in [2.75, 3.05) is 24.2 Å². The van der Waals surface area contributed by atoms with Crippen molar-refractivity contribution < 1.29 is 31.5 Å². The third-order valence-electron chi connectivity index (χ3n) is 5.70. The number of carbonyl (C=O) groups is 1. The fourth-order valence-corrected chi connectivity index (χ4v) is 4.43. The standard InChI is InChI=1S/C23H20N4O2S.C2HF3O2/c1-30(28,29)19-9-6-17(7-10-19)22-23(25-13-12-24-22)18-14-27(15-18)21-11-8-16-4-2-3-5-20(16)26-21;3-2(4,5)1(6)7/h2-13,18H,14-15H2,1H3;(H,6,7). The number of fused-ring (bicyclic) bond motifs is 1. The van der Waals surface area contributed by atoms with Crippen LogP contribution in [-0.2, 0) is 14.6 Å². The van der Waals surface area contributed by atoms with Crippen molar-refractivity contribution in [1.82, 2.24) is 15.0 Å². The van der Waals surface area contributed by atoms with Crippen LogP contribution in [0.4, 0.5) is 19.0 Å². The van der Waals surface area contributed by atoms with E-state index < -0.39 is 22.0 Å². The van der Waals surface area contributed by atoms with Crippen molar-refractivity contribution in [1.29, 1.82) is 0 Å². The SMILES string of the molecule is CS(=O)(=O)c1ccc(-c2nccnc2C2CN(c3ccc4ccccc4n3)C2)cc1.O=C(O)C(F)(F)F. The quantitative estimate of drug-likeness (QED) is 0.415. The molecule has 8 nitrogen and oxygen atoms in total. The minimum atomic E-state index is -5.08. The summed E-state index contributed by atoms with van der Waals surface area (Å²) in [6.07, 6.45) is -0.495. The number of carboxylic acids is 1. The molecule has 2 aromatic carbocycles. The summed E-state index contributed by atoms with van der Waals surface area (Å²) in [5, 5.41) is 8.26. The monoisotopic (exact) mass is 530 g/mol. The van der Waals surface area contributed by atoms with E-state index in [4.69, 9.17) is 14.9 Å². The fourth-order valence-electron chi connectivity index (χ4n) is 3.80. The molecule has 1 aliphatic rings. The number of alkyl halides is 3. The molecule has 0 bridgehead atoms. The number of nitrogens with zero attached hydrogens (tertiary/aromatic N) is 4. The highest BCUT2D eigenvalue weighted by molar-refractivity contribution is 7.90. The third-order valence-corrected chi connectivity index (χ3v) is 6.83. The van der Waals surface area contributed by atoms with Gasteiger partial charge in [-0.15, -0.1) is 0 Å². The molecule has 1 fully saturated rings. The van der Waals surface area contributed by atoms with Crippen LogP contribution in [0.25, 0.3) is 22.2 Å². The van der Waals surface area contributed by atoms with E-state index in [9.17, 15) is 21.6 Å². The summed E-state index contributed by atoms with van der Waals surface area (Å²) in [5.41, 5.74) is 3.59. The van der Waals surface area contributed by atoms with Crippen LogP contribution < -0.4 is 4.90 Å². The van der Waals surface area contributed by atoms with Crippen LogP contribution in [0.2, 0.25) is 0 Å². The lowest BCUT2D eigenvalue weighted by atomic mass is 9.92. The second-order valence-electron chi connectivity index (χ2n) is 8.35. The zero-order valence-electron chi connectivity index (χ0n) is 19.4. The molecule has 3 heterocycles. The van der Waals surface area contributed by atoms with E-state index in [-0.39, 0.29) is 5.92 Å². The van der Waals surface area contributed by atoms with E-state index in [1.165, 1.54) is 6.26 Å². The molecule has 0 radical (unpaired) electrons. The number of aromatic nitrogens is 3. The molecule has 0 aliphatic carbocycles. The van der Waals surface area contributed by atoms with Crippen molar-refractivity contribution in [3.63, 3.8) is 0 Å². The van der Waals surface area contributed by atoms with Crippen molar-refractivity contribution in [2.45, 2.75) is 17.0 Å². The Hall–Kier alpha value is -4.06. The Balaban J connectivity index is 0.000000405. The Morgan fingerprint density at radius 2 is 1.59 bits per heavy atom. The number of para-hydroxylation sites is 1. The molecule has 4 aromatic rings. The number of hydrogen-bond acceptors (Lipinski definition) is 7. The average molecular weight is 531 g/mol. The van der Waals surface area contributed by atoms with Gasteiger partial charge in [0.2, 0.25) is 0 Å². The number of hydrogen-bond donors (Lipinski definition) is 1. The summed E-state index contributed by atoms with van der Waals surface area (Å²) in [5.74, 6) is -1.54. The first-order valence-electron chi connectivity index (χ1n) is 11.0. The number of aliphatic carboxylic acids is 1. The van der Waals surface area contributed by atoms with Crippen LogP contribution in [0.15, 0.2) is 78.0 Å². The van der Waals surface area contributed by atoms with E-state index in [1.807, 2.05) is 18.2 Å². The van der Waals surface area contributed by atoms with Crippen molar-refractivity contribution >= 4 is 32.5 Å². The number of carboxylic acid groups (broad SMARTS) is 1. The van der Waals surface area contributed by atoms with Crippen LogP contribution in [0.1, 0.15) is 11.6 Å². The average Bonchev–Trinajstić information content (AvgIpc) is 2.83. The van der Waals surface area contributed by atoms with Gasteiger partial charge in [-0.05, 0) is 30.3 Å². The Kier molecular flexibility index (Phi) is 7.12. The van der Waals surface area contributed by atoms with Crippen molar-refractivity contribution in [3.8, 4) is 11.3 Å². The first-order chi connectivity index (χ1) is 17.4. The van der Waals surface area contributed by atoms with E-state index in [2.05, 4.69) is 33.1 Å². The molecule has 0 unspecified atom stereocenters. The maximum absolute atomic E-state index is 11.7. The van der Waals surface area contributed by atoms with Gasteiger partial charge >= 0.3 is 12.1 Å². The van der Waals surface area contributed by atoms with Gasteiger partial charge in [-0.25, -0.2) is 18.2 Å². The lowest BCUT2D eigenvalue weighted by Gasteiger charge is -2.40. The molecule has 0 atom stereocenters. The van der Waals surface area contributed by atoms with Crippen molar-refractivity contribution in [2.24, 2.45) is 0 Å². The number of sulfone groups is 1. The molecule has 0 spiro atoms. The molecule has 37 heavy (non-hydrogen) atoms. The summed E-state index contributed by atoms with van der Waals surface area (Å²) in [6.45, 7) is 1.64. The Bertz CT molecular complexity index is 1540. The Labute approximate surface area is 210 Å². The highest BCUT2D eigenvalue weighted by atomic mass is 32.2. The fraction of sp³-hybridized carbons (Fsp3) is 0.200. The highest BCUT2D eigenvalue weighted by Gasteiger charge is 2.38. The third kappa shape index (κ3) is 6.02. The van der Waals surface area contributed by atoms with Crippen molar-refractivity contribution in [3.05, 3.63) is 78.8 Å². The number of rotatable bonds is 4. The summed E-state index contributed by atoms with van der Waals surface area (Å²) in [7, 11) is -3.23. The van der Waals surface area contributed by atoms with E-state index in [1.54, 1.807) is 36.7 Å². The molecule has 1 aliphatic heterocycles. The number of benzene rings is 2.